The first-order valence-corrected chi connectivity index (χ1v) is 17.1. The molecular formula is C31H37ClN4O7S. The Kier molecular flexibility index (Phi) is 8.36. The molecule has 5 atom stereocenters. The van der Waals surface area contributed by atoms with Gasteiger partial charge >= 0.3 is 0 Å². The zero-order valence-corrected chi connectivity index (χ0v) is 26.3. The number of aryl methyl sites for hydroxylation is 1. The Morgan fingerprint density at radius 3 is 2.82 bits per heavy atom. The van der Waals surface area contributed by atoms with E-state index in [4.69, 9.17) is 21.1 Å². The van der Waals surface area contributed by atoms with E-state index in [1.165, 1.54) is 4.90 Å². The molecule has 2 aliphatic carbocycles. The molecule has 1 aromatic carbocycles. The molecule has 3 heterocycles. The Hall–Kier alpha value is -3.22. The molecule has 2 N–H and O–H groups in total. The van der Waals surface area contributed by atoms with Gasteiger partial charge < -0.3 is 19.7 Å². The number of amides is 3. The van der Waals surface area contributed by atoms with Crippen molar-refractivity contribution in [3.8, 4) is 5.75 Å². The van der Waals surface area contributed by atoms with Gasteiger partial charge in [0.25, 0.3) is 11.8 Å². The molecule has 0 bridgehead atoms. The van der Waals surface area contributed by atoms with Gasteiger partial charge in [-0.1, -0.05) is 29.8 Å². The third-order valence-corrected chi connectivity index (χ3v) is 11.0. The molecule has 3 amide bonds. The number of pyridine rings is 1. The molecule has 2 saturated carbocycles. The van der Waals surface area contributed by atoms with Crippen molar-refractivity contribution in [2.45, 2.75) is 87.8 Å². The molecule has 6 rings (SSSR count). The predicted molar refractivity (Wildman–Crippen MR) is 163 cm³/mol. The van der Waals surface area contributed by atoms with Crippen LogP contribution in [0.5, 0.6) is 5.75 Å². The first-order chi connectivity index (χ1) is 21.0. The molecule has 0 unspecified atom stereocenters. The van der Waals surface area contributed by atoms with Gasteiger partial charge in [-0.05, 0) is 64.5 Å². The smallest absolute Gasteiger partial charge is 0.259 e. The Bertz CT molecular complexity index is 1630. The number of carbonyl (C=O) groups is 3. The lowest BCUT2D eigenvalue weighted by molar-refractivity contribution is -0.147. The topological polar surface area (TPSA) is 144 Å². The number of carbonyl (C=O) groups excluding carboxylic acids is 3. The summed E-state index contributed by atoms with van der Waals surface area (Å²) in [6, 6.07) is 6.24. The van der Waals surface area contributed by atoms with E-state index >= 15 is 0 Å². The number of ether oxygens (including phenoxy) is 2. The summed E-state index contributed by atoms with van der Waals surface area (Å²) >= 11 is 6.40. The molecule has 1 aromatic heterocycles. The van der Waals surface area contributed by atoms with Crippen LogP contribution in [0.25, 0.3) is 10.9 Å². The van der Waals surface area contributed by atoms with E-state index in [9.17, 15) is 22.8 Å². The number of para-hydroxylation sites is 1. The normalized spacial score (nSPS) is 30.4. The first kappa shape index (κ1) is 30.8. The van der Waals surface area contributed by atoms with E-state index in [2.05, 4.69) is 15.0 Å². The van der Waals surface area contributed by atoms with Gasteiger partial charge in [-0.2, -0.15) is 0 Å². The Morgan fingerprint density at radius 2 is 2.05 bits per heavy atom. The van der Waals surface area contributed by atoms with Gasteiger partial charge in [0.05, 0.1) is 22.3 Å². The summed E-state index contributed by atoms with van der Waals surface area (Å²) in [5, 5.41) is 3.48. The number of nitrogens with zero attached hydrogens (tertiary/aromatic N) is 2. The fourth-order valence-corrected chi connectivity index (χ4v) is 7.69. The molecule has 2 aliphatic heterocycles. The summed E-state index contributed by atoms with van der Waals surface area (Å²) in [5.74, 6) is -1.47. The molecule has 236 valence electrons. The van der Waals surface area contributed by atoms with E-state index in [-0.39, 0.29) is 31.2 Å². The van der Waals surface area contributed by atoms with Crippen molar-refractivity contribution < 1.29 is 32.3 Å². The van der Waals surface area contributed by atoms with Crippen LogP contribution in [0.4, 0.5) is 0 Å². The minimum Gasteiger partial charge on any atom is -0.488 e. The molecule has 4 aliphatic rings. The average Bonchev–Trinajstić information content (AvgIpc) is 3.89. The van der Waals surface area contributed by atoms with Gasteiger partial charge in [0, 0.05) is 36.1 Å². The summed E-state index contributed by atoms with van der Waals surface area (Å²) in [6.45, 7) is 4.01. The van der Waals surface area contributed by atoms with Crippen molar-refractivity contribution in [2.75, 3.05) is 13.2 Å². The Morgan fingerprint density at radius 1 is 1.25 bits per heavy atom. The maximum Gasteiger partial charge on any atom is 0.259 e. The van der Waals surface area contributed by atoms with Crippen molar-refractivity contribution in [3.05, 3.63) is 47.1 Å². The maximum absolute atomic E-state index is 14.0. The number of hydrogen-bond donors (Lipinski definition) is 2. The number of nitrogens with one attached hydrogen (secondary N) is 2. The number of aromatic nitrogens is 1. The number of halogens is 1. The molecule has 11 nitrogen and oxygen atoms in total. The summed E-state index contributed by atoms with van der Waals surface area (Å²) in [6.07, 6.45) is 6.20. The minimum absolute atomic E-state index is 0.118. The summed E-state index contributed by atoms with van der Waals surface area (Å²) in [5.41, 5.74) is -0.123. The fourth-order valence-electron chi connectivity index (χ4n) is 6.11. The second-order valence-corrected chi connectivity index (χ2v) is 14.6. The lowest BCUT2D eigenvalue weighted by Crippen LogP contribution is -2.57. The lowest BCUT2D eigenvalue weighted by atomic mass is 10.1. The zero-order chi connectivity index (χ0) is 31.2. The molecule has 13 heteroatoms. The average molecular weight is 645 g/mol. The van der Waals surface area contributed by atoms with Gasteiger partial charge in [0.2, 0.25) is 15.9 Å². The van der Waals surface area contributed by atoms with Crippen LogP contribution < -0.4 is 14.8 Å². The molecule has 0 radical (unpaired) electrons. The van der Waals surface area contributed by atoms with Crippen LogP contribution in [0.3, 0.4) is 0 Å². The molecule has 1 saturated heterocycles. The molecule has 44 heavy (non-hydrogen) atoms. The molecule has 0 spiro atoms. The number of sulfonamides is 1. The van der Waals surface area contributed by atoms with Gasteiger partial charge in [0.15, 0.2) is 0 Å². The monoisotopic (exact) mass is 644 g/mol. The van der Waals surface area contributed by atoms with Gasteiger partial charge in [-0.15, -0.1) is 0 Å². The van der Waals surface area contributed by atoms with E-state index in [0.29, 0.717) is 46.8 Å². The fraction of sp³-hybridized carbons (Fsp3) is 0.548. The number of allylic oxidation sites excluding steroid dienone is 1. The van der Waals surface area contributed by atoms with Gasteiger partial charge in [-0.3, -0.25) is 24.1 Å². The van der Waals surface area contributed by atoms with Gasteiger partial charge in [-0.25, -0.2) is 8.42 Å². The quantitative estimate of drug-likeness (QED) is 0.473. The molecule has 3 fully saturated rings. The van der Waals surface area contributed by atoms with E-state index in [1.54, 1.807) is 25.1 Å². The second-order valence-electron chi connectivity index (χ2n) is 12.3. The lowest BCUT2D eigenvalue weighted by Gasteiger charge is -2.28. The number of hydrogen-bond acceptors (Lipinski definition) is 8. The van der Waals surface area contributed by atoms with Crippen LogP contribution >= 0.6 is 11.6 Å². The maximum atomic E-state index is 14.0. The van der Waals surface area contributed by atoms with Crippen LogP contribution in [-0.2, 0) is 29.1 Å². The molecule has 2 aromatic rings. The third-order valence-electron chi connectivity index (χ3n) is 8.84. The summed E-state index contributed by atoms with van der Waals surface area (Å²) in [4.78, 5) is 47.1. The third kappa shape index (κ3) is 6.16. The highest BCUT2D eigenvalue weighted by molar-refractivity contribution is 7.91. The largest absolute Gasteiger partial charge is 0.488 e. The first-order valence-electron chi connectivity index (χ1n) is 15.2. The van der Waals surface area contributed by atoms with Crippen molar-refractivity contribution in [1.82, 2.24) is 19.9 Å². The van der Waals surface area contributed by atoms with E-state index in [0.717, 1.165) is 19.3 Å². The van der Waals surface area contributed by atoms with Crippen molar-refractivity contribution >= 4 is 50.2 Å². The van der Waals surface area contributed by atoms with Crippen LogP contribution in [0.1, 0.15) is 57.6 Å². The minimum atomic E-state index is -3.82. The van der Waals surface area contributed by atoms with Crippen molar-refractivity contribution in [2.24, 2.45) is 5.92 Å². The number of rotatable bonds is 5. The van der Waals surface area contributed by atoms with Crippen molar-refractivity contribution in [3.63, 3.8) is 0 Å². The van der Waals surface area contributed by atoms with Crippen molar-refractivity contribution in [1.29, 1.82) is 0 Å². The standard InChI is InChI=1S/C31H37ClN4O7S/c1-18-14-26(23-9-7-10-24(32)27(23)33-18)43-21-15-25-28(37)34-31(30(39)35-44(40,41)22-11-12-22)16-20(31)8-5-3-4-6-13-42-19(2)29(38)36(25)17-21/h5,7-10,14,19-22,25H,3-4,6,11-13,15-17H2,1-2H3,(H,34,37)(H,35,39)/b8-5-/t19-,20-,21-,25+,31-/m1/s1. The highest BCUT2D eigenvalue weighted by Gasteiger charge is 2.62. The van der Waals surface area contributed by atoms with E-state index in [1.807, 2.05) is 25.1 Å². The number of benzene rings is 1. The summed E-state index contributed by atoms with van der Waals surface area (Å²) in [7, 11) is -3.82. The second kappa shape index (κ2) is 11.9. The van der Waals surface area contributed by atoms with Crippen LogP contribution in [0.15, 0.2) is 36.4 Å². The highest BCUT2D eigenvalue weighted by atomic mass is 35.5. The van der Waals surface area contributed by atoms with Crippen LogP contribution in [0.2, 0.25) is 5.02 Å². The van der Waals surface area contributed by atoms with Crippen LogP contribution in [-0.4, -0.2) is 78.2 Å². The van der Waals surface area contributed by atoms with E-state index < -0.39 is 50.9 Å². The molecular weight excluding hydrogens is 608 g/mol. The predicted octanol–water partition coefficient (Wildman–Crippen LogP) is 3.17. The Balaban J connectivity index is 1.28. The SMILES string of the molecule is Cc1cc(O[C@@H]2C[C@H]3C(=O)N[C@]4(C(=O)NS(=O)(=O)C5CC5)C[C@H]4/C=C\CCCCO[C@H](C)C(=O)N3C2)c2cccc(Cl)c2n1. The van der Waals surface area contributed by atoms with Crippen LogP contribution in [0, 0.1) is 12.8 Å². The highest BCUT2D eigenvalue weighted by Crippen LogP contribution is 2.46. The zero-order valence-electron chi connectivity index (χ0n) is 24.8. The summed E-state index contributed by atoms with van der Waals surface area (Å²) < 4.78 is 39.8. The Labute approximate surface area is 261 Å². The number of fused-ring (bicyclic) bond motifs is 3. The van der Waals surface area contributed by atoms with Gasteiger partial charge in [0.1, 0.15) is 29.5 Å².